The molecule has 0 amide bonds. The average molecular weight is 427 g/mol. The molecular formula is C22H22F5NO2. The first-order valence-electron chi connectivity index (χ1n) is 9.87. The highest BCUT2D eigenvalue weighted by Gasteiger charge is 2.50. The Kier molecular flexibility index (Phi) is 5.72. The summed E-state index contributed by atoms with van der Waals surface area (Å²) in [7, 11) is 0. The largest absolute Gasteiger partial charge is 0.435 e. The number of hydrogen-bond donors (Lipinski definition) is 1. The average Bonchev–Trinajstić information content (AvgIpc) is 3.12. The Morgan fingerprint density at radius 1 is 1.10 bits per heavy atom. The van der Waals surface area contributed by atoms with Gasteiger partial charge < -0.3 is 14.8 Å². The van der Waals surface area contributed by atoms with E-state index in [1.54, 1.807) is 0 Å². The first-order chi connectivity index (χ1) is 14.3. The van der Waals surface area contributed by atoms with Crippen LogP contribution in [-0.2, 0) is 10.9 Å². The summed E-state index contributed by atoms with van der Waals surface area (Å²) in [6, 6.07) is 12.4. The third-order valence-electron chi connectivity index (χ3n) is 5.94. The zero-order chi connectivity index (χ0) is 21.4. The van der Waals surface area contributed by atoms with Crippen LogP contribution in [0.15, 0.2) is 48.5 Å². The van der Waals surface area contributed by atoms with Gasteiger partial charge >= 0.3 is 12.8 Å². The van der Waals surface area contributed by atoms with E-state index in [1.807, 2.05) is 30.3 Å². The molecule has 1 spiro atoms. The van der Waals surface area contributed by atoms with Gasteiger partial charge in [-0.05, 0) is 55.1 Å². The summed E-state index contributed by atoms with van der Waals surface area (Å²) < 4.78 is 76.7. The molecule has 2 fully saturated rings. The van der Waals surface area contributed by atoms with Crippen molar-refractivity contribution in [3.8, 4) is 5.75 Å². The van der Waals surface area contributed by atoms with Crippen molar-refractivity contribution in [3.63, 3.8) is 0 Å². The second-order valence-corrected chi connectivity index (χ2v) is 7.80. The molecule has 2 aromatic rings. The molecule has 30 heavy (non-hydrogen) atoms. The number of ether oxygens (including phenoxy) is 2. The molecule has 8 heteroatoms. The van der Waals surface area contributed by atoms with Gasteiger partial charge in [-0.2, -0.15) is 22.0 Å². The highest BCUT2D eigenvalue weighted by atomic mass is 19.4. The van der Waals surface area contributed by atoms with Crippen LogP contribution in [0.5, 0.6) is 5.75 Å². The van der Waals surface area contributed by atoms with E-state index < -0.39 is 29.9 Å². The Hall–Kier alpha value is -2.19. The first kappa shape index (κ1) is 21.1. The predicted molar refractivity (Wildman–Crippen MR) is 101 cm³/mol. The van der Waals surface area contributed by atoms with Gasteiger partial charge in [0.25, 0.3) is 0 Å². The van der Waals surface area contributed by atoms with Gasteiger partial charge in [-0.15, -0.1) is 0 Å². The van der Waals surface area contributed by atoms with Crippen molar-refractivity contribution in [1.82, 2.24) is 5.32 Å². The molecule has 2 saturated heterocycles. The van der Waals surface area contributed by atoms with Crippen LogP contribution in [0.1, 0.15) is 47.9 Å². The summed E-state index contributed by atoms with van der Waals surface area (Å²) in [5.74, 6) is -0.857. The van der Waals surface area contributed by atoms with Crippen molar-refractivity contribution in [1.29, 1.82) is 0 Å². The maximum atomic E-state index is 13.6. The van der Waals surface area contributed by atoms with Crippen LogP contribution in [0.4, 0.5) is 22.0 Å². The van der Waals surface area contributed by atoms with E-state index in [2.05, 4.69) is 10.1 Å². The van der Waals surface area contributed by atoms with Gasteiger partial charge in [-0.3, -0.25) is 0 Å². The van der Waals surface area contributed by atoms with Crippen LogP contribution >= 0.6 is 0 Å². The SMILES string of the molecule is FC(F)Oc1ccc(C(F)(F)F)c([C@@H]2CO[C@]3(CCCN[C@H]3c3ccccc3)C2)c1. The second-order valence-electron chi connectivity index (χ2n) is 7.80. The molecule has 0 radical (unpaired) electrons. The van der Waals surface area contributed by atoms with Gasteiger partial charge in [0.05, 0.1) is 23.8 Å². The van der Waals surface area contributed by atoms with Gasteiger partial charge in [-0.25, -0.2) is 0 Å². The van der Waals surface area contributed by atoms with Crippen LogP contribution in [-0.4, -0.2) is 25.4 Å². The molecular weight excluding hydrogens is 405 g/mol. The topological polar surface area (TPSA) is 30.5 Å². The van der Waals surface area contributed by atoms with E-state index in [9.17, 15) is 22.0 Å². The summed E-state index contributed by atoms with van der Waals surface area (Å²) in [6.07, 6.45) is -2.68. The number of halogens is 5. The Morgan fingerprint density at radius 3 is 2.57 bits per heavy atom. The molecule has 2 aliphatic heterocycles. The molecule has 2 aliphatic rings. The van der Waals surface area contributed by atoms with Crippen LogP contribution in [0.3, 0.4) is 0 Å². The van der Waals surface area contributed by atoms with Crippen molar-refractivity contribution in [2.24, 2.45) is 0 Å². The summed E-state index contributed by atoms with van der Waals surface area (Å²) in [6.45, 7) is -2.22. The number of nitrogens with one attached hydrogen (secondary N) is 1. The van der Waals surface area contributed by atoms with E-state index in [0.717, 1.165) is 36.7 Å². The second kappa shape index (κ2) is 8.15. The predicted octanol–water partition coefficient (Wildman–Crippen LogP) is 5.67. The molecule has 2 heterocycles. The minimum Gasteiger partial charge on any atom is -0.435 e. The van der Waals surface area contributed by atoms with Crippen LogP contribution in [0.25, 0.3) is 0 Å². The van der Waals surface area contributed by atoms with E-state index >= 15 is 0 Å². The zero-order valence-electron chi connectivity index (χ0n) is 16.1. The molecule has 1 N–H and O–H groups in total. The van der Waals surface area contributed by atoms with Gasteiger partial charge in [0.15, 0.2) is 0 Å². The molecule has 3 nitrogen and oxygen atoms in total. The summed E-state index contributed by atoms with van der Waals surface area (Å²) in [4.78, 5) is 0. The normalized spacial score (nSPS) is 27.0. The molecule has 0 saturated carbocycles. The number of hydrogen-bond acceptors (Lipinski definition) is 3. The monoisotopic (exact) mass is 427 g/mol. The summed E-state index contributed by atoms with van der Waals surface area (Å²) >= 11 is 0. The van der Waals surface area contributed by atoms with E-state index in [4.69, 9.17) is 4.74 Å². The lowest BCUT2D eigenvalue weighted by Gasteiger charge is -2.41. The van der Waals surface area contributed by atoms with Gasteiger partial charge in [0.1, 0.15) is 5.75 Å². The molecule has 2 aromatic carbocycles. The van der Waals surface area contributed by atoms with Crippen molar-refractivity contribution < 1.29 is 31.4 Å². The minimum atomic E-state index is -4.60. The highest BCUT2D eigenvalue weighted by molar-refractivity contribution is 5.41. The summed E-state index contributed by atoms with van der Waals surface area (Å²) in [5.41, 5.74) is -0.527. The Morgan fingerprint density at radius 2 is 1.87 bits per heavy atom. The minimum absolute atomic E-state index is 0.0603. The lowest BCUT2D eigenvalue weighted by atomic mass is 9.76. The first-order valence-corrected chi connectivity index (χ1v) is 9.87. The summed E-state index contributed by atoms with van der Waals surface area (Å²) in [5, 5.41) is 3.45. The molecule has 0 bridgehead atoms. The van der Waals surface area contributed by atoms with Gasteiger partial charge in [0.2, 0.25) is 0 Å². The maximum absolute atomic E-state index is 13.6. The van der Waals surface area contributed by atoms with Crippen molar-refractivity contribution >= 4 is 0 Å². The van der Waals surface area contributed by atoms with Crippen LogP contribution in [0, 0.1) is 0 Å². The number of rotatable bonds is 4. The standard InChI is InChI=1S/C22H22F5NO2/c23-20(24)30-16-7-8-18(22(25,26)27)17(11-16)15-12-21(29-13-15)9-4-10-28-19(21)14-5-2-1-3-6-14/h1-3,5-8,11,15,19-20,28H,4,9-10,12-13H2/t15-,19-,21+/m0/s1. The van der Waals surface area contributed by atoms with Crippen LogP contribution < -0.4 is 10.1 Å². The molecule has 0 unspecified atom stereocenters. The fraction of sp³-hybridized carbons (Fsp3) is 0.455. The fourth-order valence-corrected chi connectivity index (χ4v) is 4.72. The van der Waals surface area contributed by atoms with E-state index in [-0.39, 0.29) is 24.0 Å². The lowest BCUT2D eigenvalue weighted by Crippen LogP contribution is -2.48. The molecule has 4 rings (SSSR count). The quantitative estimate of drug-likeness (QED) is 0.638. The number of benzene rings is 2. The van der Waals surface area contributed by atoms with Crippen molar-refractivity contribution in [2.75, 3.05) is 13.2 Å². The van der Waals surface area contributed by atoms with Crippen LogP contribution in [0.2, 0.25) is 0 Å². The lowest BCUT2D eigenvalue weighted by molar-refractivity contribution is -0.138. The molecule has 0 aromatic heterocycles. The maximum Gasteiger partial charge on any atom is 0.416 e. The third kappa shape index (κ3) is 4.16. The highest BCUT2D eigenvalue weighted by Crippen LogP contribution is 2.50. The number of piperidine rings is 1. The number of alkyl halides is 5. The smallest absolute Gasteiger partial charge is 0.416 e. The molecule has 162 valence electrons. The van der Waals surface area contributed by atoms with Crippen molar-refractivity contribution in [3.05, 3.63) is 65.2 Å². The fourth-order valence-electron chi connectivity index (χ4n) is 4.72. The zero-order valence-corrected chi connectivity index (χ0v) is 16.1. The van der Waals surface area contributed by atoms with E-state index in [1.165, 1.54) is 0 Å². The third-order valence-corrected chi connectivity index (χ3v) is 5.94. The van der Waals surface area contributed by atoms with Gasteiger partial charge in [-0.1, -0.05) is 30.3 Å². The Labute approximate surface area is 171 Å². The van der Waals surface area contributed by atoms with E-state index in [0.29, 0.717) is 12.8 Å². The van der Waals surface area contributed by atoms with Gasteiger partial charge in [0, 0.05) is 5.92 Å². The van der Waals surface area contributed by atoms with Crippen molar-refractivity contribution in [2.45, 2.75) is 49.6 Å². The molecule has 3 atom stereocenters. The Bertz CT molecular complexity index is 874. The Balaban J connectivity index is 1.67. The molecule has 0 aliphatic carbocycles.